The maximum atomic E-state index is 13.3. The van der Waals surface area contributed by atoms with Crippen LogP contribution in [-0.4, -0.2) is 26.1 Å². The predicted octanol–water partition coefficient (Wildman–Crippen LogP) is 3.32. The molecule has 2 N–H and O–H groups in total. The van der Waals surface area contributed by atoms with E-state index in [1.54, 1.807) is 19.2 Å². The average molecular weight is 379 g/mol. The SMILES string of the molecule is COc1ccc(C(NC(=O)C(C)C2CNC2)c2ccc(F)cc2)cc1.Cl. The van der Waals surface area contributed by atoms with Gasteiger partial charge in [-0.05, 0) is 54.4 Å². The first-order valence-corrected chi connectivity index (χ1v) is 8.49. The molecule has 0 aromatic heterocycles. The number of halogens is 2. The number of rotatable bonds is 6. The Morgan fingerprint density at radius 1 is 1.12 bits per heavy atom. The van der Waals surface area contributed by atoms with Crippen LogP contribution in [0.25, 0.3) is 0 Å². The van der Waals surface area contributed by atoms with Gasteiger partial charge in [-0.3, -0.25) is 4.79 Å². The molecule has 2 aromatic rings. The quantitative estimate of drug-likeness (QED) is 0.810. The molecular formula is C20H24ClFN2O2. The highest BCUT2D eigenvalue weighted by atomic mass is 35.5. The van der Waals surface area contributed by atoms with Gasteiger partial charge in [-0.1, -0.05) is 31.2 Å². The van der Waals surface area contributed by atoms with Crippen molar-refractivity contribution in [2.24, 2.45) is 11.8 Å². The summed E-state index contributed by atoms with van der Waals surface area (Å²) in [6.07, 6.45) is 0. The molecule has 1 aliphatic rings. The molecule has 0 saturated carbocycles. The van der Waals surface area contributed by atoms with E-state index in [0.717, 1.165) is 30.0 Å². The van der Waals surface area contributed by atoms with E-state index < -0.39 is 0 Å². The lowest BCUT2D eigenvalue weighted by Crippen LogP contribution is -2.50. The molecule has 4 nitrogen and oxygen atoms in total. The average Bonchev–Trinajstić information content (AvgIpc) is 2.59. The zero-order chi connectivity index (χ0) is 17.8. The number of hydrogen-bond donors (Lipinski definition) is 2. The molecule has 1 saturated heterocycles. The number of carbonyl (C=O) groups excluding carboxylic acids is 1. The second-order valence-corrected chi connectivity index (χ2v) is 6.47. The van der Waals surface area contributed by atoms with Crippen molar-refractivity contribution in [3.8, 4) is 5.75 Å². The first-order chi connectivity index (χ1) is 12.1. The molecule has 26 heavy (non-hydrogen) atoms. The third-order valence-corrected chi connectivity index (χ3v) is 4.87. The minimum absolute atomic E-state index is 0. The molecule has 0 spiro atoms. The standard InChI is InChI=1S/C20H23FN2O2.ClH/c1-13(16-11-22-12-16)20(24)23-19(14-3-7-17(21)8-4-14)15-5-9-18(25-2)10-6-15;/h3-10,13,16,19,22H,11-12H2,1-2H3,(H,23,24);1H. The summed E-state index contributed by atoms with van der Waals surface area (Å²) in [6.45, 7) is 3.70. The lowest BCUT2D eigenvalue weighted by atomic mass is 9.87. The van der Waals surface area contributed by atoms with Crippen molar-refractivity contribution in [1.82, 2.24) is 10.6 Å². The first kappa shape index (κ1) is 20.2. The summed E-state index contributed by atoms with van der Waals surface area (Å²) in [5, 5.41) is 6.32. The monoisotopic (exact) mass is 378 g/mol. The topological polar surface area (TPSA) is 50.4 Å². The number of carbonyl (C=O) groups is 1. The highest BCUT2D eigenvalue weighted by molar-refractivity contribution is 5.85. The van der Waals surface area contributed by atoms with Crippen LogP contribution in [0.5, 0.6) is 5.75 Å². The Labute approximate surface area is 159 Å². The highest BCUT2D eigenvalue weighted by Gasteiger charge is 2.30. The number of amides is 1. The Hall–Kier alpha value is -2.11. The fourth-order valence-electron chi connectivity index (χ4n) is 2.96. The molecule has 2 unspecified atom stereocenters. The van der Waals surface area contributed by atoms with Gasteiger partial charge in [-0.25, -0.2) is 4.39 Å². The molecule has 6 heteroatoms. The highest BCUT2D eigenvalue weighted by Crippen LogP contribution is 2.26. The third kappa shape index (κ3) is 4.54. The second kappa shape index (κ2) is 9.01. The number of methoxy groups -OCH3 is 1. The summed E-state index contributed by atoms with van der Waals surface area (Å²) in [5.74, 6) is 0.767. The van der Waals surface area contributed by atoms with E-state index in [4.69, 9.17) is 4.74 Å². The van der Waals surface area contributed by atoms with E-state index >= 15 is 0 Å². The summed E-state index contributed by atoms with van der Waals surface area (Å²) < 4.78 is 18.5. The Balaban J connectivity index is 0.00000243. The van der Waals surface area contributed by atoms with Crippen molar-refractivity contribution in [3.05, 3.63) is 65.5 Å². The second-order valence-electron chi connectivity index (χ2n) is 6.47. The van der Waals surface area contributed by atoms with Crippen LogP contribution in [0.2, 0.25) is 0 Å². The summed E-state index contributed by atoms with van der Waals surface area (Å²) in [6, 6.07) is 13.5. The minimum Gasteiger partial charge on any atom is -0.497 e. The molecular weight excluding hydrogens is 355 g/mol. The molecule has 1 aliphatic heterocycles. The van der Waals surface area contributed by atoms with E-state index in [1.165, 1.54) is 12.1 Å². The normalized spacial score (nSPS) is 16.0. The van der Waals surface area contributed by atoms with Crippen LogP contribution in [0.3, 0.4) is 0 Å². The van der Waals surface area contributed by atoms with Gasteiger partial charge in [0.2, 0.25) is 5.91 Å². The molecule has 140 valence electrons. The third-order valence-electron chi connectivity index (χ3n) is 4.87. The van der Waals surface area contributed by atoms with Gasteiger partial charge in [0, 0.05) is 5.92 Å². The maximum absolute atomic E-state index is 13.3. The fraction of sp³-hybridized carbons (Fsp3) is 0.350. The van der Waals surface area contributed by atoms with Gasteiger partial charge in [0.05, 0.1) is 13.2 Å². The fourth-order valence-corrected chi connectivity index (χ4v) is 2.96. The Bertz CT molecular complexity index is 718. The molecule has 2 atom stereocenters. The van der Waals surface area contributed by atoms with Gasteiger partial charge < -0.3 is 15.4 Å². The largest absolute Gasteiger partial charge is 0.497 e. The van der Waals surface area contributed by atoms with Crippen LogP contribution in [0.1, 0.15) is 24.1 Å². The lowest BCUT2D eigenvalue weighted by molar-refractivity contribution is -0.127. The van der Waals surface area contributed by atoms with Crippen molar-refractivity contribution in [3.63, 3.8) is 0 Å². The van der Waals surface area contributed by atoms with Crippen LogP contribution in [0, 0.1) is 17.7 Å². The summed E-state index contributed by atoms with van der Waals surface area (Å²) in [4.78, 5) is 12.7. The molecule has 1 heterocycles. The number of hydrogen-bond acceptors (Lipinski definition) is 3. The molecule has 3 rings (SSSR count). The molecule has 0 radical (unpaired) electrons. The van der Waals surface area contributed by atoms with Crippen molar-refractivity contribution in [1.29, 1.82) is 0 Å². The summed E-state index contributed by atoms with van der Waals surface area (Å²) >= 11 is 0. The van der Waals surface area contributed by atoms with Gasteiger partial charge in [-0.2, -0.15) is 0 Å². The van der Waals surface area contributed by atoms with E-state index in [1.807, 2.05) is 31.2 Å². The Morgan fingerprint density at radius 2 is 1.65 bits per heavy atom. The molecule has 2 aromatic carbocycles. The van der Waals surface area contributed by atoms with Crippen molar-refractivity contribution in [2.45, 2.75) is 13.0 Å². The van der Waals surface area contributed by atoms with E-state index in [0.29, 0.717) is 5.92 Å². The lowest BCUT2D eigenvalue weighted by Gasteiger charge is -2.33. The Kier molecular flexibility index (Phi) is 7.00. The van der Waals surface area contributed by atoms with Crippen LogP contribution in [0.15, 0.2) is 48.5 Å². The smallest absolute Gasteiger partial charge is 0.223 e. The number of benzene rings is 2. The number of nitrogens with one attached hydrogen (secondary N) is 2. The van der Waals surface area contributed by atoms with E-state index in [9.17, 15) is 9.18 Å². The van der Waals surface area contributed by atoms with Crippen LogP contribution < -0.4 is 15.4 Å². The van der Waals surface area contributed by atoms with Gasteiger partial charge in [0.1, 0.15) is 11.6 Å². The van der Waals surface area contributed by atoms with Crippen LogP contribution in [-0.2, 0) is 4.79 Å². The van der Waals surface area contributed by atoms with Gasteiger partial charge in [0.15, 0.2) is 0 Å². The summed E-state index contributed by atoms with van der Waals surface area (Å²) in [5.41, 5.74) is 1.78. The van der Waals surface area contributed by atoms with Crippen molar-refractivity contribution in [2.75, 3.05) is 20.2 Å². The maximum Gasteiger partial charge on any atom is 0.223 e. The zero-order valence-electron chi connectivity index (χ0n) is 14.9. The zero-order valence-corrected chi connectivity index (χ0v) is 15.7. The van der Waals surface area contributed by atoms with Crippen molar-refractivity contribution >= 4 is 18.3 Å². The number of ether oxygens (including phenoxy) is 1. The van der Waals surface area contributed by atoms with Crippen LogP contribution >= 0.6 is 12.4 Å². The van der Waals surface area contributed by atoms with E-state index in [2.05, 4.69) is 10.6 Å². The first-order valence-electron chi connectivity index (χ1n) is 8.49. The predicted molar refractivity (Wildman–Crippen MR) is 102 cm³/mol. The Morgan fingerprint density at radius 3 is 2.12 bits per heavy atom. The molecule has 1 amide bonds. The van der Waals surface area contributed by atoms with E-state index in [-0.39, 0.29) is 36.1 Å². The summed E-state index contributed by atoms with van der Waals surface area (Å²) in [7, 11) is 1.61. The molecule has 1 fully saturated rings. The van der Waals surface area contributed by atoms with Crippen molar-refractivity contribution < 1.29 is 13.9 Å². The van der Waals surface area contributed by atoms with Crippen LogP contribution in [0.4, 0.5) is 4.39 Å². The molecule has 0 bridgehead atoms. The van der Waals surface area contributed by atoms with Gasteiger partial charge >= 0.3 is 0 Å². The molecule has 0 aliphatic carbocycles. The minimum atomic E-state index is -0.325. The van der Waals surface area contributed by atoms with Gasteiger partial charge in [-0.15, -0.1) is 12.4 Å². The van der Waals surface area contributed by atoms with Gasteiger partial charge in [0.25, 0.3) is 0 Å².